The summed E-state index contributed by atoms with van der Waals surface area (Å²) >= 11 is 0. The molecule has 0 heterocycles. The van der Waals surface area contributed by atoms with E-state index < -0.39 is 0 Å². The molecule has 0 aromatic heterocycles. The first-order valence-electron chi connectivity index (χ1n) is 3.67. The van der Waals surface area contributed by atoms with Crippen LogP contribution in [0, 0.1) is 11.1 Å². The molecule has 54 valence electrons. The van der Waals surface area contributed by atoms with Gasteiger partial charge in [-0.15, -0.1) is 0 Å². The quantitative estimate of drug-likeness (QED) is 0.537. The predicted octanol–water partition coefficient (Wildman–Crippen LogP) is 1.61. The Morgan fingerprint density at radius 2 is 2.22 bits per heavy atom. The molecule has 0 aromatic rings. The van der Waals surface area contributed by atoms with Gasteiger partial charge in [-0.25, -0.2) is 0 Å². The molecule has 0 spiro atoms. The summed E-state index contributed by atoms with van der Waals surface area (Å²) in [6.45, 7) is 0.719. The lowest BCUT2D eigenvalue weighted by Crippen LogP contribution is -2.10. The van der Waals surface area contributed by atoms with Gasteiger partial charge in [0.1, 0.15) is 0 Å². The molecule has 0 bridgehead atoms. The second-order valence-corrected chi connectivity index (χ2v) is 2.94. The molecule has 0 atom stereocenters. The lowest BCUT2D eigenvalue weighted by Gasteiger charge is -2.21. The minimum Gasteiger partial charge on any atom is -0.785 e. The topological polar surface area (TPSA) is 26.3 Å². The van der Waals surface area contributed by atoms with Crippen LogP contribution in [0.5, 0.6) is 0 Å². The summed E-state index contributed by atoms with van der Waals surface area (Å²) in [5.74, 6) is 0.977. The van der Waals surface area contributed by atoms with Gasteiger partial charge >= 0.3 is 0 Å². The monoisotopic (exact) mass is 128 g/mol. The SMILES string of the molecule is CN([O-])CCCC1CC1. The van der Waals surface area contributed by atoms with Crippen molar-refractivity contribution in [1.29, 1.82) is 0 Å². The van der Waals surface area contributed by atoms with Crippen molar-refractivity contribution in [3.63, 3.8) is 0 Å². The van der Waals surface area contributed by atoms with E-state index in [4.69, 9.17) is 0 Å². The minimum absolute atomic E-state index is 0.719. The molecule has 0 saturated heterocycles. The first kappa shape index (κ1) is 7.03. The standard InChI is InChI=1S/C7H14NO/c1-8(9)6-2-3-7-4-5-7/h7H,2-6H2,1H3/q-1. The lowest BCUT2D eigenvalue weighted by molar-refractivity contribution is 0.431. The van der Waals surface area contributed by atoms with E-state index in [9.17, 15) is 5.21 Å². The number of rotatable bonds is 4. The van der Waals surface area contributed by atoms with Crippen molar-refractivity contribution in [2.24, 2.45) is 5.92 Å². The van der Waals surface area contributed by atoms with E-state index in [1.807, 2.05) is 0 Å². The fourth-order valence-electron chi connectivity index (χ4n) is 1.01. The van der Waals surface area contributed by atoms with Gasteiger partial charge in [0, 0.05) is 0 Å². The van der Waals surface area contributed by atoms with Crippen LogP contribution in [-0.2, 0) is 0 Å². The molecule has 0 N–H and O–H groups in total. The highest BCUT2D eigenvalue weighted by Gasteiger charge is 2.19. The van der Waals surface area contributed by atoms with Crippen molar-refractivity contribution in [2.45, 2.75) is 25.7 Å². The van der Waals surface area contributed by atoms with Gasteiger partial charge in [-0.05, 0) is 32.4 Å². The molecule has 9 heavy (non-hydrogen) atoms. The van der Waals surface area contributed by atoms with Crippen molar-refractivity contribution in [3.05, 3.63) is 5.21 Å². The summed E-state index contributed by atoms with van der Waals surface area (Å²) in [5.41, 5.74) is 0. The van der Waals surface area contributed by atoms with Gasteiger partial charge < -0.3 is 10.3 Å². The Hall–Kier alpha value is -0.0800. The highest BCUT2D eigenvalue weighted by molar-refractivity contribution is 4.72. The second kappa shape index (κ2) is 3.18. The van der Waals surface area contributed by atoms with Gasteiger partial charge in [-0.3, -0.25) is 0 Å². The first-order chi connectivity index (χ1) is 4.29. The fourth-order valence-corrected chi connectivity index (χ4v) is 1.01. The number of hydrogen-bond donors (Lipinski definition) is 0. The van der Waals surface area contributed by atoms with Crippen LogP contribution in [-0.4, -0.2) is 18.7 Å². The zero-order chi connectivity index (χ0) is 6.69. The Morgan fingerprint density at radius 3 is 2.67 bits per heavy atom. The van der Waals surface area contributed by atoms with E-state index in [1.54, 1.807) is 7.05 Å². The maximum absolute atomic E-state index is 10.4. The molecular formula is C7H14NO-. The average Bonchev–Trinajstić information content (AvgIpc) is 2.48. The summed E-state index contributed by atoms with van der Waals surface area (Å²) < 4.78 is 0. The summed E-state index contributed by atoms with van der Waals surface area (Å²) in [5, 5.41) is 11.4. The maximum Gasteiger partial charge on any atom is -0.0147 e. The van der Waals surface area contributed by atoms with E-state index in [-0.39, 0.29) is 0 Å². The van der Waals surface area contributed by atoms with Crippen LogP contribution in [0.15, 0.2) is 0 Å². The summed E-state index contributed by atoms with van der Waals surface area (Å²) in [4.78, 5) is 0. The van der Waals surface area contributed by atoms with E-state index in [0.717, 1.165) is 23.9 Å². The first-order valence-corrected chi connectivity index (χ1v) is 3.67. The lowest BCUT2D eigenvalue weighted by atomic mass is 10.2. The number of hydroxylamine groups is 2. The van der Waals surface area contributed by atoms with Gasteiger partial charge in [-0.2, -0.15) is 0 Å². The van der Waals surface area contributed by atoms with Crippen LogP contribution in [0.1, 0.15) is 25.7 Å². The molecule has 2 heteroatoms. The normalized spacial score (nSPS) is 19.0. The van der Waals surface area contributed by atoms with Gasteiger partial charge in [0.05, 0.1) is 0 Å². The Balaban J connectivity index is 1.81. The van der Waals surface area contributed by atoms with Gasteiger partial charge in [-0.1, -0.05) is 12.8 Å². The molecule has 1 fully saturated rings. The summed E-state index contributed by atoms with van der Waals surface area (Å²) in [6.07, 6.45) is 5.17. The molecule has 0 aromatic carbocycles. The predicted molar refractivity (Wildman–Crippen MR) is 38.0 cm³/mol. The third kappa shape index (κ3) is 3.49. The molecule has 2 nitrogen and oxygen atoms in total. The third-order valence-corrected chi connectivity index (χ3v) is 1.78. The van der Waals surface area contributed by atoms with Crippen molar-refractivity contribution in [2.75, 3.05) is 13.6 Å². The van der Waals surface area contributed by atoms with Crippen LogP contribution in [0.25, 0.3) is 0 Å². The fraction of sp³-hybridized carbons (Fsp3) is 1.00. The van der Waals surface area contributed by atoms with Crippen LogP contribution < -0.4 is 0 Å². The molecular weight excluding hydrogens is 114 g/mol. The molecule has 1 rings (SSSR count). The molecule has 1 aliphatic rings. The summed E-state index contributed by atoms with van der Waals surface area (Å²) in [7, 11) is 1.59. The Bertz CT molecular complexity index is 77.0. The second-order valence-electron chi connectivity index (χ2n) is 2.94. The Kier molecular flexibility index (Phi) is 2.49. The van der Waals surface area contributed by atoms with Gasteiger partial charge in [0.25, 0.3) is 0 Å². The van der Waals surface area contributed by atoms with E-state index in [2.05, 4.69) is 0 Å². The Morgan fingerprint density at radius 1 is 1.56 bits per heavy atom. The van der Waals surface area contributed by atoms with E-state index >= 15 is 0 Å². The largest absolute Gasteiger partial charge is 0.785 e. The summed E-state index contributed by atoms with van der Waals surface area (Å²) in [6, 6.07) is 0. The van der Waals surface area contributed by atoms with Gasteiger partial charge in [0.15, 0.2) is 0 Å². The van der Waals surface area contributed by atoms with Crippen LogP contribution >= 0.6 is 0 Å². The van der Waals surface area contributed by atoms with Crippen molar-refractivity contribution in [3.8, 4) is 0 Å². The highest BCUT2D eigenvalue weighted by Crippen LogP contribution is 2.33. The molecule has 0 amide bonds. The number of nitrogens with zero attached hydrogens (tertiary/aromatic N) is 1. The molecule has 0 radical (unpaired) electrons. The smallest absolute Gasteiger partial charge is 0.0147 e. The average molecular weight is 128 g/mol. The minimum atomic E-state index is 0.719. The van der Waals surface area contributed by atoms with Crippen LogP contribution in [0.2, 0.25) is 0 Å². The van der Waals surface area contributed by atoms with Crippen LogP contribution in [0.3, 0.4) is 0 Å². The van der Waals surface area contributed by atoms with Crippen molar-refractivity contribution >= 4 is 0 Å². The van der Waals surface area contributed by atoms with E-state index in [1.165, 1.54) is 19.3 Å². The Labute approximate surface area is 56.4 Å². The van der Waals surface area contributed by atoms with E-state index in [0.29, 0.717) is 0 Å². The third-order valence-electron chi connectivity index (χ3n) is 1.78. The molecule has 0 unspecified atom stereocenters. The maximum atomic E-state index is 10.4. The zero-order valence-electron chi connectivity index (χ0n) is 5.97. The highest BCUT2D eigenvalue weighted by atomic mass is 16.5. The zero-order valence-corrected chi connectivity index (χ0v) is 5.97. The molecule has 0 aliphatic heterocycles. The molecule has 1 aliphatic carbocycles. The van der Waals surface area contributed by atoms with Crippen molar-refractivity contribution < 1.29 is 0 Å². The number of hydrogen-bond acceptors (Lipinski definition) is 2. The molecule has 1 saturated carbocycles. The van der Waals surface area contributed by atoms with Crippen molar-refractivity contribution in [1.82, 2.24) is 5.06 Å². The van der Waals surface area contributed by atoms with Gasteiger partial charge in [0.2, 0.25) is 0 Å². The van der Waals surface area contributed by atoms with Crippen LogP contribution in [0.4, 0.5) is 0 Å².